The predicted molar refractivity (Wildman–Crippen MR) is 61.8 cm³/mol. The van der Waals surface area contributed by atoms with Crippen LogP contribution in [0.25, 0.3) is 0 Å². The summed E-state index contributed by atoms with van der Waals surface area (Å²) in [6, 6.07) is 5.53. The largest absolute Gasteiger partial charge is 0.497 e. The van der Waals surface area contributed by atoms with Crippen molar-refractivity contribution in [1.82, 2.24) is 0 Å². The Labute approximate surface area is 103 Å². The fraction of sp³-hybridized carbons (Fsp3) is 0.308. The number of hydrogen-bond acceptors (Lipinski definition) is 2. The summed E-state index contributed by atoms with van der Waals surface area (Å²) in [5, 5.41) is 0. The molecule has 98 valence electrons. The van der Waals surface area contributed by atoms with Crippen molar-refractivity contribution in [2.75, 3.05) is 7.11 Å². The van der Waals surface area contributed by atoms with Crippen LogP contribution in [-0.4, -0.2) is 19.1 Å². The third kappa shape index (κ3) is 3.12. The van der Waals surface area contributed by atoms with Crippen molar-refractivity contribution in [1.29, 1.82) is 0 Å². The van der Waals surface area contributed by atoms with Gasteiger partial charge in [0.05, 0.1) is 7.11 Å². The first-order valence-corrected chi connectivity index (χ1v) is 5.20. The second kappa shape index (κ2) is 5.25. The van der Waals surface area contributed by atoms with Crippen LogP contribution in [0.1, 0.15) is 24.2 Å². The van der Waals surface area contributed by atoms with E-state index in [1.165, 1.54) is 45.2 Å². The lowest BCUT2D eigenvalue weighted by Gasteiger charge is -2.13. The number of hydrogen-bond donors (Lipinski definition) is 0. The van der Waals surface area contributed by atoms with Gasteiger partial charge in [-0.05, 0) is 38.1 Å². The average Bonchev–Trinajstić information content (AvgIpc) is 2.26. The number of halogens is 3. The number of alkyl halides is 3. The first-order chi connectivity index (χ1) is 8.27. The van der Waals surface area contributed by atoms with E-state index in [1.807, 2.05) is 0 Å². The summed E-state index contributed by atoms with van der Waals surface area (Å²) < 4.78 is 43.1. The summed E-state index contributed by atoms with van der Waals surface area (Å²) in [6.07, 6.45) is -4.64. The minimum absolute atomic E-state index is 0.00988. The number of benzene rings is 1. The van der Waals surface area contributed by atoms with Gasteiger partial charge >= 0.3 is 6.18 Å². The smallest absolute Gasteiger partial charge is 0.420 e. The van der Waals surface area contributed by atoms with Gasteiger partial charge in [-0.1, -0.05) is 5.57 Å². The van der Waals surface area contributed by atoms with Gasteiger partial charge in [-0.15, -0.1) is 0 Å². The monoisotopic (exact) mass is 258 g/mol. The lowest BCUT2D eigenvalue weighted by atomic mass is 9.99. The fourth-order valence-electron chi connectivity index (χ4n) is 1.53. The first-order valence-electron chi connectivity index (χ1n) is 5.20. The van der Waals surface area contributed by atoms with E-state index in [0.29, 0.717) is 5.75 Å². The summed E-state index contributed by atoms with van der Waals surface area (Å²) in [6.45, 7) is 2.54. The fourth-order valence-corrected chi connectivity index (χ4v) is 1.53. The van der Waals surface area contributed by atoms with E-state index in [4.69, 9.17) is 4.74 Å². The van der Waals surface area contributed by atoms with Gasteiger partial charge in [-0.25, -0.2) is 0 Å². The Morgan fingerprint density at radius 1 is 1.11 bits per heavy atom. The van der Waals surface area contributed by atoms with Crippen molar-refractivity contribution >= 4 is 5.78 Å². The number of carbonyl (C=O) groups is 1. The van der Waals surface area contributed by atoms with E-state index < -0.39 is 17.5 Å². The minimum Gasteiger partial charge on any atom is -0.497 e. The standard InChI is InChI=1S/C13H13F3O2/c1-8(2)11(13(14,15)16)12(17)9-4-6-10(18-3)7-5-9/h4-7H,1-3H3. The maximum absolute atomic E-state index is 12.7. The molecule has 2 nitrogen and oxygen atoms in total. The Bertz CT molecular complexity index is 466. The zero-order valence-electron chi connectivity index (χ0n) is 10.3. The molecule has 0 aromatic heterocycles. The number of methoxy groups -OCH3 is 1. The maximum Gasteiger partial charge on any atom is 0.420 e. The van der Waals surface area contributed by atoms with Crippen molar-refractivity contribution in [3.05, 3.63) is 41.0 Å². The molecule has 0 atom stereocenters. The molecule has 0 N–H and O–H groups in total. The van der Waals surface area contributed by atoms with Gasteiger partial charge < -0.3 is 4.74 Å². The Hall–Kier alpha value is -1.78. The number of Topliss-reactive ketones (excluding diaryl/α,β-unsaturated/α-hetero) is 1. The molecule has 1 aromatic rings. The van der Waals surface area contributed by atoms with Gasteiger partial charge in [0.2, 0.25) is 0 Å². The zero-order valence-corrected chi connectivity index (χ0v) is 10.3. The minimum atomic E-state index is -4.64. The number of ether oxygens (including phenoxy) is 1. The van der Waals surface area contributed by atoms with E-state index in [-0.39, 0.29) is 11.1 Å². The van der Waals surface area contributed by atoms with Crippen molar-refractivity contribution in [3.8, 4) is 5.75 Å². The number of rotatable bonds is 3. The molecular formula is C13H13F3O2. The summed E-state index contributed by atoms with van der Waals surface area (Å²) in [7, 11) is 1.44. The number of carbonyl (C=O) groups excluding carboxylic acids is 1. The van der Waals surface area contributed by atoms with Gasteiger partial charge in [0.15, 0.2) is 5.78 Å². The van der Waals surface area contributed by atoms with Crippen molar-refractivity contribution in [3.63, 3.8) is 0 Å². The van der Waals surface area contributed by atoms with Crippen LogP contribution in [0.15, 0.2) is 35.4 Å². The van der Waals surface area contributed by atoms with Crippen LogP contribution >= 0.6 is 0 Å². The third-order valence-corrected chi connectivity index (χ3v) is 2.36. The van der Waals surface area contributed by atoms with Crippen molar-refractivity contribution in [2.45, 2.75) is 20.0 Å². The third-order valence-electron chi connectivity index (χ3n) is 2.36. The molecule has 0 aliphatic rings. The molecule has 0 bridgehead atoms. The Kier molecular flexibility index (Phi) is 4.16. The van der Waals surface area contributed by atoms with E-state index in [0.717, 1.165) is 0 Å². The van der Waals surface area contributed by atoms with Crippen LogP contribution in [-0.2, 0) is 0 Å². The second-order valence-electron chi connectivity index (χ2n) is 3.93. The molecule has 0 aliphatic carbocycles. The first kappa shape index (κ1) is 14.3. The molecule has 0 fully saturated rings. The molecule has 0 amide bonds. The van der Waals surface area contributed by atoms with E-state index in [9.17, 15) is 18.0 Å². The highest BCUT2D eigenvalue weighted by Gasteiger charge is 2.39. The van der Waals surface area contributed by atoms with Crippen LogP contribution in [0.2, 0.25) is 0 Å². The van der Waals surface area contributed by atoms with Crippen molar-refractivity contribution in [2.24, 2.45) is 0 Å². The highest BCUT2D eigenvalue weighted by molar-refractivity contribution is 6.10. The molecule has 18 heavy (non-hydrogen) atoms. The average molecular weight is 258 g/mol. The molecule has 0 saturated carbocycles. The van der Waals surface area contributed by atoms with Crippen LogP contribution in [0.5, 0.6) is 5.75 Å². The number of ketones is 1. The van der Waals surface area contributed by atoms with Gasteiger partial charge in [0.1, 0.15) is 11.3 Å². The molecule has 0 unspecified atom stereocenters. The lowest BCUT2D eigenvalue weighted by Crippen LogP contribution is -2.21. The zero-order chi connectivity index (χ0) is 13.9. The summed E-state index contributed by atoms with van der Waals surface area (Å²) in [5.41, 5.74) is -1.18. The summed E-state index contributed by atoms with van der Waals surface area (Å²) >= 11 is 0. The molecule has 1 rings (SSSR count). The Balaban J connectivity index is 3.16. The molecule has 5 heteroatoms. The van der Waals surface area contributed by atoms with Gasteiger partial charge in [-0.2, -0.15) is 13.2 Å². The van der Waals surface area contributed by atoms with Crippen LogP contribution < -0.4 is 4.74 Å². The topological polar surface area (TPSA) is 26.3 Å². The summed E-state index contributed by atoms with van der Waals surface area (Å²) in [4.78, 5) is 11.8. The van der Waals surface area contributed by atoms with Crippen LogP contribution in [0, 0.1) is 0 Å². The lowest BCUT2D eigenvalue weighted by molar-refractivity contribution is -0.0894. The quantitative estimate of drug-likeness (QED) is 0.609. The molecule has 1 aromatic carbocycles. The van der Waals surface area contributed by atoms with E-state index >= 15 is 0 Å². The highest BCUT2D eigenvalue weighted by atomic mass is 19.4. The molecule has 0 heterocycles. The SMILES string of the molecule is COc1ccc(C(=O)C(=C(C)C)C(F)(F)F)cc1. The van der Waals surface area contributed by atoms with E-state index in [2.05, 4.69) is 0 Å². The van der Waals surface area contributed by atoms with Gasteiger partial charge in [0.25, 0.3) is 0 Å². The number of allylic oxidation sites excluding steroid dienone is 2. The molecule has 0 radical (unpaired) electrons. The maximum atomic E-state index is 12.7. The van der Waals surface area contributed by atoms with E-state index in [1.54, 1.807) is 0 Å². The molecular weight excluding hydrogens is 245 g/mol. The second-order valence-corrected chi connectivity index (χ2v) is 3.93. The van der Waals surface area contributed by atoms with Crippen LogP contribution in [0.4, 0.5) is 13.2 Å². The summed E-state index contributed by atoms with van der Waals surface area (Å²) in [5.74, 6) is -0.539. The van der Waals surface area contributed by atoms with Gasteiger partial charge in [0, 0.05) is 5.56 Å². The Morgan fingerprint density at radius 3 is 1.94 bits per heavy atom. The molecule has 0 spiro atoms. The highest BCUT2D eigenvalue weighted by Crippen LogP contribution is 2.31. The van der Waals surface area contributed by atoms with Crippen molar-refractivity contribution < 1.29 is 22.7 Å². The van der Waals surface area contributed by atoms with Crippen LogP contribution in [0.3, 0.4) is 0 Å². The Morgan fingerprint density at radius 2 is 1.61 bits per heavy atom. The molecule has 0 aliphatic heterocycles. The predicted octanol–water partition coefficient (Wildman–Crippen LogP) is 3.78. The molecule has 0 saturated heterocycles. The normalized spacial score (nSPS) is 11.0. The van der Waals surface area contributed by atoms with Gasteiger partial charge in [-0.3, -0.25) is 4.79 Å².